The lowest BCUT2D eigenvalue weighted by atomic mass is 10.1. The molecule has 0 aromatic heterocycles. The SMILES string of the molecule is CN=C(NCc1ccc(C(=O)N(C)C)cc1)NCc1cccc(CN2CCCC2=O)c1. The number of benzene rings is 2. The number of rotatable bonds is 7. The number of carbonyl (C=O) groups is 2. The highest BCUT2D eigenvalue weighted by Crippen LogP contribution is 2.15. The Labute approximate surface area is 184 Å². The van der Waals surface area contributed by atoms with Crippen molar-refractivity contribution in [3.63, 3.8) is 0 Å². The Morgan fingerprint density at radius 1 is 1.03 bits per heavy atom. The quantitative estimate of drug-likeness (QED) is 0.532. The minimum atomic E-state index is -0.00619. The van der Waals surface area contributed by atoms with Crippen LogP contribution < -0.4 is 10.6 Å². The minimum Gasteiger partial charge on any atom is -0.352 e. The summed E-state index contributed by atoms with van der Waals surface area (Å²) in [6.07, 6.45) is 1.62. The molecule has 7 heteroatoms. The zero-order valence-corrected chi connectivity index (χ0v) is 18.5. The Bertz CT molecular complexity index is 937. The molecule has 2 aromatic rings. The number of nitrogens with zero attached hydrogens (tertiary/aromatic N) is 3. The first kappa shape index (κ1) is 22.3. The molecule has 1 aliphatic heterocycles. The predicted octanol–water partition coefficient (Wildman–Crippen LogP) is 2.38. The number of hydrogen-bond donors (Lipinski definition) is 2. The Morgan fingerprint density at radius 2 is 1.71 bits per heavy atom. The predicted molar refractivity (Wildman–Crippen MR) is 123 cm³/mol. The van der Waals surface area contributed by atoms with E-state index in [9.17, 15) is 9.59 Å². The summed E-state index contributed by atoms with van der Waals surface area (Å²) in [7, 11) is 5.23. The van der Waals surface area contributed by atoms with E-state index in [1.807, 2.05) is 35.2 Å². The normalized spacial score (nSPS) is 14.0. The van der Waals surface area contributed by atoms with Gasteiger partial charge in [-0.3, -0.25) is 14.6 Å². The molecule has 1 aliphatic rings. The number of amides is 2. The summed E-state index contributed by atoms with van der Waals surface area (Å²) in [6.45, 7) is 2.76. The fourth-order valence-electron chi connectivity index (χ4n) is 3.55. The Hall–Kier alpha value is -3.35. The second-order valence-corrected chi connectivity index (χ2v) is 7.91. The van der Waals surface area contributed by atoms with E-state index in [4.69, 9.17) is 0 Å². The highest BCUT2D eigenvalue weighted by atomic mass is 16.2. The van der Waals surface area contributed by atoms with Crippen LogP contribution in [0, 0.1) is 0 Å². The monoisotopic (exact) mass is 421 g/mol. The number of aliphatic imine (C=N–C) groups is 1. The first-order valence-corrected chi connectivity index (χ1v) is 10.6. The van der Waals surface area contributed by atoms with Crippen molar-refractivity contribution >= 4 is 17.8 Å². The maximum atomic E-state index is 12.0. The Morgan fingerprint density at radius 3 is 2.32 bits per heavy atom. The summed E-state index contributed by atoms with van der Waals surface area (Å²) >= 11 is 0. The van der Waals surface area contributed by atoms with E-state index in [2.05, 4.69) is 33.8 Å². The summed E-state index contributed by atoms with van der Waals surface area (Å²) in [5.74, 6) is 0.939. The summed E-state index contributed by atoms with van der Waals surface area (Å²) in [5, 5.41) is 6.62. The average Bonchev–Trinajstić information content (AvgIpc) is 3.18. The third-order valence-electron chi connectivity index (χ3n) is 5.29. The third kappa shape index (κ3) is 6.31. The van der Waals surface area contributed by atoms with Crippen LogP contribution in [0.1, 0.15) is 39.9 Å². The lowest BCUT2D eigenvalue weighted by molar-refractivity contribution is -0.128. The minimum absolute atomic E-state index is 0.00619. The first-order valence-electron chi connectivity index (χ1n) is 10.6. The standard InChI is InChI=1S/C24H31N5O2/c1-25-24(26-15-18-9-11-21(12-10-18)23(31)28(2)3)27-16-19-6-4-7-20(14-19)17-29-13-5-8-22(29)30/h4,6-7,9-12,14H,5,8,13,15-17H2,1-3H3,(H2,25,26,27). The lowest BCUT2D eigenvalue weighted by Crippen LogP contribution is -2.36. The fraction of sp³-hybridized carbons (Fsp3) is 0.375. The van der Waals surface area contributed by atoms with Crippen molar-refractivity contribution in [1.82, 2.24) is 20.4 Å². The molecule has 0 spiro atoms. The van der Waals surface area contributed by atoms with Gasteiger partial charge in [-0.2, -0.15) is 0 Å². The van der Waals surface area contributed by atoms with E-state index in [0.29, 0.717) is 37.6 Å². The highest BCUT2D eigenvalue weighted by Gasteiger charge is 2.19. The van der Waals surface area contributed by atoms with Gasteiger partial charge in [0, 0.05) is 59.3 Å². The highest BCUT2D eigenvalue weighted by molar-refractivity contribution is 5.93. The van der Waals surface area contributed by atoms with Crippen molar-refractivity contribution in [3.05, 3.63) is 70.8 Å². The van der Waals surface area contributed by atoms with Gasteiger partial charge in [0.05, 0.1) is 0 Å². The van der Waals surface area contributed by atoms with Crippen LogP contribution in [0.25, 0.3) is 0 Å². The van der Waals surface area contributed by atoms with Gasteiger partial charge >= 0.3 is 0 Å². The number of guanidine groups is 1. The largest absolute Gasteiger partial charge is 0.352 e. The molecule has 0 aliphatic carbocycles. The second-order valence-electron chi connectivity index (χ2n) is 7.91. The van der Waals surface area contributed by atoms with Crippen LogP contribution in [0.15, 0.2) is 53.5 Å². The smallest absolute Gasteiger partial charge is 0.253 e. The van der Waals surface area contributed by atoms with Crippen LogP contribution >= 0.6 is 0 Å². The molecule has 1 fully saturated rings. The van der Waals surface area contributed by atoms with Crippen molar-refractivity contribution in [1.29, 1.82) is 0 Å². The molecule has 2 amide bonds. The number of nitrogens with one attached hydrogen (secondary N) is 2. The van der Waals surface area contributed by atoms with Gasteiger partial charge in [0.1, 0.15) is 0 Å². The van der Waals surface area contributed by atoms with Gasteiger partial charge < -0.3 is 20.4 Å². The van der Waals surface area contributed by atoms with Crippen molar-refractivity contribution in [2.24, 2.45) is 4.99 Å². The zero-order valence-electron chi connectivity index (χ0n) is 18.5. The topological polar surface area (TPSA) is 77.0 Å². The number of carbonyl (C=O) groups excluding carboxylic acids is 2. The molecule has 0 unspecified atom stereocenters. The van der Waals surface area contributed by atoms with Crippen molar-refractivity contribution in [2.75, 3.05) is 27.7 Å². The van der Waals surface area contributed by atoms with E-state index in [0.717, 1.165) is 29.7 Å². The van der Waals surface area contributed by atoms with Gasteiger partial charge in [0.25, 0.3) is 5.91 Å². The molecule has 164 valence electrons. The van der Waals surface area contributed by atoms with Crippen LogP contribution in [0.5, 0.6) is 0 Å². The van der Waals surface area contributed by atoms with Crippen molar-refractivity contribution < 1.29 is 9.59 Å². The molecule has 2 N–H and O–H groups in total. The summed E-state index contributed by atoms with van der Waals surface area (Å²) in [4.78, 5) is 31.6. The van der Waals surface area contributed by atoms with Crippen molar-refractivity contribution in [3.8, 4) is 0 Å². The molecule has 0 bridgehead atoms. The van der Waals surface area contributed by atoms with E-state index in [1.165, 1.54) is 0 Å². The molecule has 1 saturated heterocycles. The van der Waals surface area contributed by atoms with E-state index >= 15 is 0 Å². The van der Waals surface area contributed by atoms with Crippen LogP contribution in [0.2, 0.25) is 0 Å². The van der Waals surface area contributed by atoms with E-state index < -0.39 is 0 Å². The van der Waals surface area contributed by atoms with Gasteiger partial charge in [-0.15, -0.1) is 0 Å². The molecule has 0 saturated carbocycles. The second kappa shape index (κ2) is 10.6. The Balaban J connectivity index is 1.50. The third-order valence-corrected chi connectivity index (χ3v) is 5.29. The van der Waals surface area contributed by atoms with Crippen LogP contribution in [0.4, 0.5) is 0 Å². The summed E-state index contributed by atoms with van der Waals surface area (Å²) < 4.78 is 0. The molecule has 3 rings (SSSR count). The van der Waals surface area contributed by atoms with Crippen LogP contribution in [-0.2, 0) is 24.4 Å². The molecule has 7 nitrogen and oxygen atoms in total. The number of hydrogen-bond acceptors (Lipinski definition) is 3. The fourth-order valence-corrected chi connectivity index (χ4v) is 3.55. The molecular weight excluding hydrogens is 390 g/mol. The summed E-state index contributed by atoms with van der Waals surface area (Å²) in [6, 6.07) is 15.9. The maximum absolute atomic E-state index is 12.0. The van der Waals surface area contributed by atoms with Gasteiger partial charge in [-0.05, 0) is 35.2 Å². The zero-order chi connectivity index (χ0) is 22.2. The van der Waals surface area contributed by atoms with Crippen molar-refractivity contribution in [2.45, 2.75) is 32.5 Å². The van der Waals surface area contributed by atoms with E-state index in [-0.39, 0.29) is 11.8 Å². The summed E-state index contributed by atoms with van der Waals surface area (Å²) in [5.41, 5.74) is 4.02. The molecule has 1 heterocycles. The molecule has 0 radical (unpaired) electrons. The number of likely N-dealkylation sites (tertiary alicyclic amines) is 1. The van der Waals surface area contributed by atoms with E-state index in [1.54, 1.807) is 26.0 Å². The molecular formula is C24H31N5O2. The molecule has 31 heavy (non-hydrogen) atoms. The molecule has 0 atom stereocenters. The molecule has 2 aromatic carbocycles. The van der Waals surface area contributed by atoms with Gasteiger partial charge in [0.15, 0.2) is 5.96 Å². The lowest BCUT2D eigenvalue weighted by Gasteiger charge is -2.16. The Kier molecular flexibility index (Phi) is 7.65. The first-order chi connectivity index (χ1) is 15.0. The average molecular weight is 422 g/mol. The maximum Gasteiger partial charge on any atom is 0.253 e. The van der Waals surface area contributed by atoms with Gasteiger partial charge in [0.2, 0.25) is 5.91 Å². The van der Waals surface area contributed by atoms with Gasteiger partial charge in [-0.25, -0.2) is 0 Å². The van der Waals surface area contributed by atoms with Crippen LogP contribution in [-0.4, -0.2) is 55.3 Å². The van der Waals surface area contributed by atoms with Gasteiger partial charge in [-0.1, -0.05) is 36.4 Å². The van der Waals surface area contributed by atoms with Crippen LogP contribution in [0.3, 0.4) is 0 Å².